The Kier molecular flexibility index (Phi) is 5.38. The molecule has 1 unspecified atom stereocenters. The third kappa shape index (κ3) is 4.04. The van der Waals surface area contributed by atoms with Crippen LogP contribution in [0, 0.1) is 5.82 Å². The van der Waals surface area contributed by atoms with Gasteiger partial charge in [0.2, 0.25) is 0 Å². The van der Waals surface area contributed by atoms with Crippen molar-refractivity contribution in [1.29, 1.82) is 0 Å². The predicted octanol–water partition coefficient (Wildman–Crippen LogP) is 4.45. The molecule has 0 radical (unpaired) electrons. The first kappa shape index (κ1) is 19.2. The Bertz CT molecular complexity index is 1020. The monoisotopic (exact) mass is 396 g/mol. The molecule has 0 aliphatic carbocycles. The molecule has 152 valence electrons. The number of nitrogen functional groups attached to an aromatic ring is 1. The molecule has 0 amide bonds. The lowest BCUT2D eigenvalue weighted by Gasteiger charge is -2.20. The molecule has 1 aromatic carbocycles. The molecule has 29 heavy (non-hydrogen) atoms. The van der Waals surface area contributed by atoms with E-state index in [9.17, 15) is 4.39 Å². The first-order chi connectivity index (χ1) is 14.0. The molecule has 2 aromatic heterocycles. The summed E-state index contributed by atoms with van der Waals surface area (Å²) in [4.78, 5) is 4.32. The summed E-state index contributed by atoms with van der Waals surface area (Å²) in [5.74, 6) is 1.03. The topological polar surface area (TPSA) is 75.2 Å². The summed E-state index contributed by atoms with van der Waals surface area (Å²) in [6.07, 6.45) is 7.08. The number of halogens is 1. The van der Waals surface area contributed by atoms with Crippen LogP contribution in [0.2, 0.25) is 0 Å². The van der Waals surface area contributed by atoms with Crippen LogP contribution >= 0.6 is 0 Å². The Morgan fingerprint density at radius 2 is 2.00 bits per heavy atom. The highest BCUT2D eigenvalue weighted by molar-refractivity contribution is 5.67. The fraction of sp³-hybridized carbons (Fsp3) is 0.364. The number of aryl methyl sites for hydroxylation is 2. The van der Waals surface area contributed by atoms with Crippen molar-refractivity contribution in [3.63, 3.8) is 0 Å². The lowest BCUT2D eigenvalue weighted by atomic mass is 10.0. The van der Waals surface area contributed by atoms with Crippen LogP contribution in [0.4, 0.5) is 10.2 Å². The Balaban J connectivity index is 1.77. The van der Waals surface area contributed by atoms with Crippen molar-refractivity contribution in [3.05, 3.63) is 53.6 Å². The van der Waals surface area contributed by atoms with Gasteiger partial charge in [-0.15, -0.1) is 0 Å². The van der Waals surface area contributed by atoms with Crippen molar-refractivity contribution in [1.82, 2.24) is 14.8 Å². The second kappa shape index (κ2) is 8.11. The fourth-order valence-corrected chi connectivity index (χ4v) is 3.72. The molecule has 4 rings (SSSR count). The maximum atomic E-state index is 13.9. The largest absolute Gasteiger partial charge is 0.493 e. The third-order valence-electron chi connectivity index (χ3n) is 5.23. The molecule has 3 heterocycles. The Hall–Kier alpha value is -3.09. The predicted molar refractivity (Wildman–Crippen MR) is 109 cm³/mol. The molecule has 3 aromatic rings. The molecule has 2 N–H and O–H groups in total. The van der Waals surface area contributed by atoms with Gasteiger partial charge in [-0.25, -0.2) is 9.37 Å². The molecule has 0 saturated heterocycles. The Labute approximate surface area is 169 Å². The second-order valence-corrected chi connectivity index (χ2v) is 7.35. The molecular weight excluding hydrogens is 371 g/mol. The van der Waals surface area contributed by atoms with E-state index in [-0.39, 0.29) is 11.6 Å². The molecule has 0 fully saturated rings. The van der Waals surface area contributed by atoms with Crippen LogP contribution < -0.4 is 15.2 Å². The fourth-order valence-electron chi connectivity index (χ4n) is 3.72. The van der Waals surface area contributed by atoms with E-state index in [2.05, 4.69) is 10.1 Å². The number of rotatable bonds is 0. The van der Waals surface area contributed by atoms with Gasteiger partial charge in [0.15, 0.2) is 11.6 Å². The normalized spacial score (nSPS) is 17.1. The van der Waals surface area contributed by atoms with Crippen LogP contribution in [0.25, 0.3) is 11.3 Å². The van der Waals surface area contributed by atoms with E-state index in [4.69, 9.17) is 15.2 Å². The number of pyridine rings is 1. The number of hydrogen-bond donors (Lipinski definition) is 1. The number of hydrogen-bond acceptors (Lipinski definition) is 5. The van der Waals surface area contributed by atoms with Gasteiger partial charge in [-0.1, -0.05) is 0 Å². The van der Waals surface area contributed by atoms with Crippen molar-refractivity contribution in [2.45, 2.75) is 38.7 Å². The van der Waals surface area contributed by atoms with Crippen LogP contribution in [0.3, 0.4) is 0 Å². The van der Waals surface area contributed by atoms with E-state index in [1.807, 2.05) is 30.9 Å². The highest BCUT2D eigenvalue weighted by Gasteiger charge is 2.19. The number of nitrogens with zero attached hydrogens (tertiary/aromatic N) is 3. The van der Waals surface area contributed by atoms with Crippen molar-refractivity contribution in [3.8, 4) is 22.8 Å². The van der Waals surface area contributed by atoms with E-state index in [1.54, 1.807) is 12.3 Å². The van der Waals surface area contributed by atoms with Crippen LogP contribution in [-0.2, 0) is 13.5 Å². The molecule has 0 saturated carbocycles. The van der Waals surface area contributed by atoms with Crippen LogP contribution in [0.5, 0.6) is 11.5 Å². The zero-order valence-electron chi connectivity index (χ0n) is 16.7. The molecular formula is C22H25FN4O2. The second-order valence-electron chi connectivity index (χ2n) is 7.35. The average molecular weight is 396 g/mol. The first-order valence-electron chi connectivity index (χ1n) is 9.88. The SMILES string of the molecule is CC1Oc2cc(cnc2N)-c2c(cnn2C)CCCCCOc2ccc(F)cc21. The molecule has 6 nitrogen and oxygen atoms in total. The van der Waals surface area contributed by atoms with E-state index < -0.39 is 6.10 Å². The van der Waals surface area contributed by atoms with Crippen LogP contribution in [0.1, 0.15) is 43.4 Å². The number of fused-ring (bicyclic) bond motifs is 5. The van der Waals surface area contributed by atoms with E-state index in [0.29, 0.717) is 23.7 Å². The molecule has 7 heteroatoms. The summed E-state index contributed by atoms with van der Waals surface area (Å²) in [5.41, 5.74) is 9.78. The molecule has 1 aliphatic rings. The molecule has 0 spiro atoms. The van der Waals surface area contributed by atoms with Gasteiger partial charge in [0, 0.05) is 24.4 Å². The highest BCUT2D eigenvalue weighted by Crippen LogP contribution is 2.35. The third-order valence-corrected chi connectivity index (χ3v) is 5.23. The van der Waals surface area contributed by atoms with Gasteiger partial charge in [-0.3, -0.25) is 4.68 Å². The van der Waals surface area contributed by atoms with Crippen LogP contribution in [0.15, 0.2) is 36.7 Å². The van der Waals surface area contributed by atoms with Crippen LogP contribution in [-0.4, -0.2) is 21.4 Å². The maximum Gasteiger partial charge on any atom is 0.166 e. The standard InChI is InChI=1S/C22H25FN4O2/c1-14-18-11-17(23)7-8-19(18)28-9-5-3-4-6-15-13-26-27(2)21(15)16-10-20(29-14)22(24)25-12-16/h7-8,10-14H,3-6,9H2,1-2H3,(H2,24,25). The zero-order chi connectivity index (χ0) is 20.4. The van der Waals surface area contributed by atoms with Gasteiger partial charge >= 0.3 is 0 Å². The number of ether oxygens (including phenoxy) is 2. The maximum absolute atomic E-state index is 13.9. The van der Waals surface area contributed by atoms with Gasteiger partial charge in [-0.05, 0) is 62.4 Å². The van der Waals surface area contributed by atoms with E-state index >= 15 is 0 Å². The minimum atomic E-state index is -0.462. The van der Waals surface area contributed by atoms with Crippen molar-refractivity contribution in [2.75, 3.05) is 12.3 Å². The average Bonchev–Trinajstić information content (AvgIpc) is 3.06. The quantitative estimate of drug-likeness (QED) is 0.608. The minimum Gasteiger partial charge on any atom is -0.493 e. The number of nitrogens with two attached hydrogens (primary N) is 1. The smallest absolute Gasteiger partial charge is 0.166 e. The van der Waals surface area contributed by atoms with E-state index in [0.717, 1.165) is 36.9 Å². The number of anilines is 1. The van der Waals surface area contributed by atoms with Gasteiger partial charge < -0.3 is 15.2 Å². The van der Waals surface area contributed by atoms with Crippen molar-refractivity contribution >= 4 is 5.82 Å². The van der Waals surface area contributed by atoms with E-state index in [1.165, 1.54) is 17.7 Å². The van der Waals surface area contributed by atoms with Crippen molar-refractivity contribution < 1.29 is 13.9 Å². The summed E-state index contributed by atoms with van der Waals surface area (Å²) < 4.78 is 27.8. The highest BCUT2D eigenvalue weighted by atomic mass is 19.1. The van der Waals surface area contributed by atoms with Gasteiger partial charge in [0.05, 0.1) is 18.5 Å². The van der Waals surface area contributed by atoms with Gasteiger partial charge in [-0.2, -0.15) is 5.10 Å². The van der Waals surface area contributed by atoms with Crippen molar-refractivity contribution in [2.24, 2.45) is 7.05 Å². The summed E-state index contributed by atoms with van der Waals surface area (Å²) in [5, 5.41) is 4.42. The lowest BCUT2D eigenvalue weighted by molar-refractivity contribution is 0.216. The molecule has 2 bridgehead atoms. The Morgan fingerprint density at radius 1 is 1.14 bits per heavy atom. The number of aromatic nitrogens is 3. The lowest BCUT2D eigenvalue weighted by Crippen LogP contribution is -2.09. The first-order valence-corrected chi connectivity index (χ1v) is 9.88. The molecule has 1 atom stereocenters. The summed E-state index contributed by atoms with van der Waals surface area (Å²) in [7, 11) is 1.92. The summed E-state index contributed by atoms with van der Waals surface area (Å²) in [6.45, 7) is 2.42. The minimum absolute atomic E-state index is 0.285. The van der Waals surface area contributed by atoms with Gasteiger partial charge in [0.1, 0.15) is 17.7 Å². The van der Waals surface area contributed by atoms with Gasteiger partial charge in [0.25, 0.3) is 0 Å². The summed E-state index contributed by atoms with van der Waals surface area (Å²) >= 11 is 0. The zero-order valence-corrected chi connectivity index (χ0v) is 16.7. The number of benzene rings is 1. The Morgan fingerprint density at radius 3 is 2.86 bits per heavy atom. The summed E-state index contributed by atoms with van der Waals surface area (Å²) in [6, 6.07) is 6.38. The molecule has 1 aliphatic heterocycles.